The molecule has 5 nitrogen and oxygen atoms in total. The molecule has 3 N–H and O–H groups in total. The summed E-state index contributed by atoms with van der Waals surface area (Å²) in [6, 6.07) is 4.70. The van der Waals surface area contributed by atoms with Crippen LogP contribution in [-0.4, -0.2) is 30.4 Å². The molecule has 1 fully saturated rings. The summed E-state index contributed by atoms with van der Waals surface area (Å²) in [5, 5.41) is 8.95. The zero-order chi connectivity index (χ0) is 13.7. The first-order valence-corrected chi connectivity index (χ1v) is 6.54. The van der Waals surface area contributed by atoms with Gasteiger partial charge in [0.1, 0.15) is 5.75 Å². The Balaban J connectivity index is 1.79. The van der Waals surface area contributed by atoms with Gasteiger partial charge in [0.25, 0.3) is 0 Å². The summed E-state index contributed by atoms with van der Waals surface area (Å²) in [6.45, 7) is 1.42. The van der Waals surface area contributed by atoms with E-state index in [1.807, 2.05) is 0 Å². The number of hydrogen-bond acceptors (Lipinski definition) is 4. The van der Waals surface area contributed by atoms with Gasteiger partial charge in [0.15, 0.2) is 0 Å². The molecule has 0 spiro atoms. The molecule has 1 heterocycles. The van der Waals surface area contributed by atoms with E-state index in [9.17, 15) is 4.79 Å². The molecule has 0 aromatic heterocycles. The van der Waals surface area contributed by atoms with Gasteiger partial charge in [0.05, 0.1) is 18.3 Å². The van der Waals surface area contributed by atoms with Crippen molar-refractivity contribution in [2.75, 3.05) is 18.9 Å². The Hall–Kier alpha value is -1.75. The van der Waals surface area contributed by atoms with Crippen LogP contribution in [0.2, 0.25) is 0 Å². The first-order valence-electron chi connectivity index (χ1n) is 6.54. The number of ether oxygens (including phenoxy) is 2. The molecule has 1 atom stereocenters. The van der Waals surface area contributed by atoms with Gasteiger partial charge in [0.2, 0.25) is 0 Å². The number of aromatic carboxylic acids is 1. The van der Waals surface area contributed by atoms with Gasteiger partial charge in [-0.3, -0.25) is 0 Å². The maximum atomic E-state index is 10.9. The van der Waals surface area contributed by atoms with E-state index in [2.05, 4.69) is 0 Å². The molecule has 1 aromatic rings. The van der Waals surface area contributed by atoms with Gasteiger partial charge < -0.3 is 20.3 Å². The number of carboxylic acid groups (broad SMARTS) is 1. The zero-order valence-corrected chi connectivity index (χ0v) is 10.8. The van der Waals surface area contributed by atoms with Crippen molar-refractivity contribution in [1.29, 1.82) is 0 Å². The standard InChI is InChI=1S/C14H19NO4/c15-13-6-5-11(9-12(13)14(16)17)19-8-2-4-10-3-1-7-18-10/h5-6,9-10H,1-4,7-8,15H2,(H,16,17). The third kappa shape index (κ3) is 3.86. The van der Waals surface area contributed by atoms with E-state index in [-0.39, 0.29) is 11.3 Å². The molecule has 0 radical (unpaired) electrons. The number of rotatable bonds is 6. The summed E-state index contributed by atoms with van der Waals surface area (Å²) >= 11 is 0. The Kier molecular flexibility index (Phi) is 4.63. The number of anilines is 1. The van der Waals surface area contributed by atoms with Crippen LogP contribution < -0.4 is 10.5 Å². The monoisotopic (exact) mass is 265 g/mol. The van der Waals surface area contributed by atoms with Gasteiger partial charge in [-0.2, -0.15) is 0 Å². The van der Waals surface area contributed by atoms with Crippen LogP contribution in [0.15, 0.2) is 18.2 Å². The van der Waals surface area contributed by atoms with E-state index in [1.165, 1.54) is 6.07 Å². The highest BCUT2D eigenvalue weighted by molar-refractivity contribution is 5.94. The van der Waals surface area contributed by atoms with E-state index in [1.54, 1.807) is 12.1 Å². The van der Waals surface area contributed by atoms with Crippen LogP contribution in [0.4, 0.5) is 5.69 Å². The van der Waals surface area contributed by atoms with Gasteiger partial charge in [-0.15, -0.1) is 0 Å². The summed E-state index contributed by atoms with van der Waals surface area (Å²) in [4.78, 5) is 10.9. The molecular formula is C14H19NO4. The van der Waals surface area contributed by atoms with E-state index >= 15 is 0 Å². The molecule has 1 aliphatic rings. The number of nitrogens with two attached hydrogens (primary N) is 1. The highest BCUT2D eigenvalue weighted by atomic mass is 16.5. The second-order valence-corrected chi connectivity index (χ2v) is 4.68. The second kappa shape index (κ2) is 6.43. The number of nitrogen functional groups attached to an aromatic ring is 1. The van der Waals surface area contributed by atoms with Crippen molar-refractivity contribution in [3.8, 4) is 5.75 Å². The molecule has 19 heavy (non-hydrogen) atoms. The van der Waals surface area contributed by atoms with E-state index < -0.39 is 5.97 Å². The lowest BCUT2D eigenvalue weighted by atomic mass is 10.1. The summed E-state index contributed by atoms with van der Waals surface area (Å²) in [5.41, 5.74) is 5.90. The van der Waals surface area contributed by atoms with Crippen molar-refractivity contribution in [3.05, 3.63) is 23.8 Å². The molecule has 1 saturated heterocycles. The molecule has 5 heteroatoms. The Labute approximate surface area is 112 Å². The molecule has 1 unspecified atom stereocenters. The normalized spacial score (nSPS) is 18.4. The zero-order valence-electron chi connectivity index (χ0n) is 10.8. The van der Waals surface area contributed by atoms with Crippen LogP contribution in [0.1, 0.15) is 36.0 Å². The number of benzene rings is 1. The van der Waals surface area contributed by atoms with Gasteiger partial charge in [-0.1, -0.05) is 0 Å². The molecule has 104 valence electrons. The minimum atomic E-state index is -1.04. The van der Waals surface area contributed by atoms with Crippen LogP contribution in [0.5, 0.6) is 5.75 Å². The van der Waals surface area contributed by atoms with E-state index in [4.69, 9.17) is 20.3 Å². The SMILES string of the molecule is Nc1ccc(OCCCC2CCCO2)cc1C(=O)O. The summed E-state index contributed by atoms with van der Waals surface area (Å²) < 4.78 is 11.1. The average Bonchev–Trinajstić information content (AvgIpc) is 2.89. The predicted octanol–water partition coefficient (Wildman–Crippen LogP) is 2.31. The second-order valence-electron chi connectivity index (χ2n) is 4.68. The maximum absolute atomic E-state index is 10.9. The van der Waals surface area contributed by atoms with Crippen molar-refractivity contribution in [2.45, 2.75) is 31.8 Å². The molecule has 2 rings (SSSR count). The Bertz CT molecular complexity index is 441. The lowest BCUT2D eigenvalue weighted by Gasteiger charge is -2.11. The first kappa shape index (κ1) is 13.7. The van der Waals surface area contributed by atoms with Crippen LogP contribution in [0, 0.1) is 0 Å². The van der Waals surface area contributed by atoms with Gasteiger partial charge in [0, 0.05) is 12.3 Å². The van der Waals surface area contributed by atoms with Crippen molar-refractivity contribution in [1.82, 2.24) is 0 Å². The Morgan fingerprint density at radius 2 is 2.37 bits per heavy atom. The lowest BCUT2D eigenvalue weighted by Crippen LogP contribution is -2.08. The molecule has 0 aliphatic carbocycles. The summed E-state index contributed by atoms with van der Waals surface area (Å²) in [5.74, 6) is -0.499. The summed E-state index contributed by atoms with van der Waals surface area (Å²) in [7, 11) is 0. The van der Waals surface area contributed by atoms with Gasteiger partial charge >= 0.3 is 5.97 Å². The molecule has 0 amide bonds. The maximum Gasteiger partial charge on any atom is 0.337 e. The fourth-order valence-corrected chi connectivity index (χ4v) is 2.18. The van der Waals surface area contributed by atoms with E-state index in [0.29, 0.717) is 18.5 Å². The van der Waals surface area contributed by atoms with E-state index in [0.717, 1.165) is 32.3 Å². The quantitative estimate of drug-likeness (QED) is 0.609. The molecule has 0 saturated carbocycles. The molecular weight excluding hydrogens is 246 g/mol. The van der Waals surface area contributed by atoms with Gasteiger partial charge in [-0.25, -0.2) is 4.79 Å². The average molecular weight is 265 g/mol. The fourth-order valence-electron chi connectivity index (χ4n) is 2.18. The largest absolute Gasteiger partial charge is 0.494 e. The first-order chi connectivity index (χ1) is 9.16. The number of carboxylic acids is 1. The van der Waals surface area contributed by atoms with Crippen molar-refractivity contribution >= 4 is 11.7 Å². The summed E-state index contributed by atoms with van der Waals surface area (Å²) in [6.07, 6.45) is 4.53. The number of hydrogen-bond donors (Lipinski definition) is 2. The van der Waals surface area contributed by atoms with Crippen molar-refractivity contribution in [3.63, 3.8) is 0 Å². The van der Waals surface area contributed by atoms with Gasteiger partial charge in [-0.05, 0) is 43.9 Å². The molecule has 1 aliphatic heterocycles. The number of carbonyl (C=O) groups is 1. The molecule has 0 bridgehead atoms. The third-order valence-electron chi connectivity index (χ3n) is 3.22. The minimum Gasteiger partial charge on any atom is -0.494 e. The van der Waals surface area contributed by atoms with Crippen molar-refractivity contribution < 1.29 is 19.4 Å². The van der Waals surface area contributed by atoms with Crippen molar-refractivity contribution in [2.24, 2.45) is 0 Å². The van der Waals surface area contributed by atoms with Crippen LogP contribution in [0.25, 0.3) is 0 Å². The smallest absolute Gasteiger partial charge is 0.337 e. The Morgan fingerprint density at radius 3 is 3.05 bits per heavy atom. The lowest BCUT2D eigenvalue weighted by molar-refractivity contribution is 0.0697. The van der Waals surface area contributed by atoms with Crippen LogP contribution in [-0.2, 0) is 4.74 Å². The predicted molar refractivity (Wildman–Crippen MR) is 71.5 cm³/mol. The van der Waals surface area contributed by atoms with Crippen LogP contribution in [0.3, 0.4) is 0 Å². The van der Waals surface area contributed by atoms with Crippen LogP contribution >= 0.6 is 0 Å². The highest BCUT2D eigenvalue weighted by Crippen LogP contribution is 2.21. The highest BCUT2D eigenvalue weighted by Gasteiger charge is 2.14. The Morgan fingerprint density at radius 1 is 1.53 bits per heavy atom. The minimum absolute atomic E-state index is 0.0802. The topological polar surface area (TPSA) is 81.8 Å². The molecule has 1 aromatic carbocycles. The fraction of sp³-hybridized carbons (Fsp3) is 0.500. The third-order valence-corrected chi connectivity index (χ3v) is 3.22.